The predicted octanol–water partition coefficient (Wildman–Crippen LogP) is 1.55. The molecule has 0 aliphatic rings. The number of hydrogen-bond acceptors (Lipinski definition) is 3. The van der Waals surface area contributed by atoms with Crippen LogP contribution in [0.3, 0.4) is 0 Å². The summed E-state index contributed by atoms with van der Waals surface area (Å²) >= 11 is 0. The van der Waals surface area contributed by atoms with Crippen molar-refractivity contribution in [2.45, 2.75) is 52.2 Å². The number of hydrogen-bond donors (Lipinski definition) is 2. The molecular formula is C11H25NO2. The monoisotopic (exact) mass is 203 g/mol. The Bertz CT molecular complexity index is 137. The maximum Gasteiger partial charge on any atom is 0.0897 e. The SMILES string of the molecule is CCCNCC(O)COC(C)(C)CC. The van der Waals surface area contributed by atoms with Gasteiger partial charge in [0.15, 0.2) is 0 Å². The molecule has 0 aliphatic carbocycles. The first-order valence-electron chi connectivity index (χ1n) is 5.54. The molecule has 3 heteroatoms. The zero-order valence-electron chi connectivity index (χ0n) is 9.97. The van der Waals surface area contributed by atoms with Crippen LogP contribution in [0.5, 0.6) is 0 Å². The lowest BCUT2D eigenvalue weighted by atomic mass is 10.1. The third-order valence-electron chi connectivity index (χ3n) is 2.32. The van der Waals surface area contributed by atoms with Gasteiger partial charge in [0, 0.05) is 6.54 Å². The van der Waals surface area contributed by atoms with Crippen molar-refractivity contribution in [3.05, 3.63) is 0 Å². The lowest BCUT2D eigenvalue weighted by molar-refractivity contribution is -0.0600. The molecule has 0 saturated carbocycles. The molecule has 0 aliphatic heterocycles. The van der Waals surface area contributed by atoms with Crippen LogP contribution in [0.2, 0.25) is 0 Å². The first-order chi connectivity index (χ1) is 6.52. The Morgan fingerprint density at radius 1 is 1.36 bits per heavy atom. The molecule has 0 aromatic rings. The largest absolute Gasteiger partial charge is 0.389 e. The van der Waals surface area contributed by atoms with Crippen LogP contribution in [0.25, 0.3) is 0 Å². The second-order valence-corrected chi connectivity index (χ2v) is 4.28. The van der Waals surface area contributed by atoms with Crippen molar-refractivity contribution in [3.63, 3.8) is 0 Å². The summed E-state index contributed by atoms with van der Waals surface area (Å²) in [6.07, 6.45) is 1.66. The van der Waals surface area contributed by atoms with Crippen molar-refractivity contribution in [3.8, 4) is 0 Å². The van der Waals surface area contributed by atoms with E-state index >= 15 is 0 Å². The van der Waals surface area contributed by atoms with Gasteiger partial charge in [-0.25, -0.2) is 0 Å². The van der Waals surface area contributed by atoms with E-state index in [1.54, 1.807) is 0 Å². The summed E-state index contributed by atoms with van der Waals surface area (Å²) in [5.41, 5.74) is -0.119. The average molecular weight is 203 g/mol. The van der Waals surface area contributed by atoms with Crippen LogP contribution >= 0.6 is 0 Å². The van der Waals surface area contributed by atoms with E-state index < -0.39 is 6.10 Å². The lowest BCUT2D eigenvalue weighted by Gasteiger charge is -2.25. The summed E-state index contributed by atoms with van der Waals surface area (Å²) in [7, 11) is 0. The molecule has 0 bridgehead atoms. The molecule has 0 aromatic carbocycles. The summed E-state index contributed by atoms with van der Waals surface area (Å²) in [5, 5.41) is 12.7. The molecule has 1 atom stereocenters. The third-order valence-corrected chi connectivity index (χ3v) is 2.32. The maximum atomic E-state index is 9.55. The molecular weight excluding hydrogens is 178 g/mol. The highest BCUT2D eigenvalue weighted by Gasteiger charge is 2.16. The minimum atomic E-state index is -0.396. The van der Waals surface area contributed by atoms with Gasteiger partial charge in [-0.2, -0.15) is 0 Å². The molecule has 0 radical (unpaired) electrons. The van der Waals surface area contributed by atoms with Gasteiger partial charge in [0.1, 0.15) is 0 Å². The zero-order chi connectivity index (χ0) is 11.0. The topological polar surface area (TPSA) is 41.5 Å². The van der Waals surface area contributed by atoms with Crippen molar-refractivity contribution >= 4 is 0 Å². The smallest absolute Gasteiger partial charge is 0.0897 e. The molecule has 1 unspecified atom stereocenters. The molecule has 0 spiro atoms. The molecule has 0 heterocycles. The highest BCUT2D eigenvalue weighted by atomic mass is 16.5. The molecule has 2 N–H and O–H groups in total. The van der Waals surface area contributed by atoms with Gasteiger partial charge >= 0.3 is 0 Å². The second-order valence-electron chi connectivity index (χ2n) is 4.28. The van der Waals surface area contributed by atoms with Gasteiger partial charge in [0.05, 0.1) is 18.3 Å². The highest BCUT2D eigenvalue weighted by molar-refractivity contribution is 4.67. The Balaban J connectivity index is 3.48. The Labute approximate surface area is 87.8 Å². The lowest BCUT2D eigenvalue weighted by Crippen LogP contribution is -2.34. The van der Waals surface area contributed by atoms with Gasteiger partial charge in [0.25, 0.3) is 0 Å². The van der Waals surface area contributed by atoms with Gasteiger partial charge in [0.2, 0.25) is 0 Å². The highest BCUT2D eigenvalue weighted by Crippen LogP contribution is 2.13. The molecule has 0 saturated heterocycles. The van der Waals surface area contributed by atoms with E-state index in [9.17, 15) is 5.11 Å². The van der Waals surface area contributed by atoms with Crippen molar-refractivity contribution in [1.82, 2.24) is 5.32 Å². The van der Waals surface area contributed by atoms with Crippen LogP contribution in [-0.2, 0) is 4.74 Å². The van der Waals surface area contributed by atoms with Crippen LogP contribution in [-0.4, -0.2) is 36.5 Å². The van der Waals surface area contributed by atoms with Gasteiger partial charge < -0.3 is 15.2 Å². The molecule has 0 rings (SSSR count). The predicted molar refractivity (Wildman–Crippen MR) is 59.5 cm³/mol. The standard InChI is InChI=1S/C11H25NO2/c1-5-7-12-8-10(13)9-14-11(3,4)6-2/h10,12-13H,5-9H2,1-4H3. The molecule has 3 nitrogen and oxygen atoms in total. The Kier molecular flexibility index (Phi) is 7.15. The molecule has 0 amide bonds. The van der Waals surface area contributed by atoms with E-state index in [-0.39, 0.29) is 5.60 Å². The van der Waals surface area contributed by atoms with E-state index in [2.05, 4.69) is 19.2 Å². The van der Waals surface area contributed by atoms with E-state index in [1.807, 2.05) is 13.8 Å². The molecule has 86 valence electrons. The zero-order valence-corrected chi connectivity index (χ0v) is 9.97. The Morgan fingerprint density at radius 2 is 2.00 bits per heavy atom. The summed E-state index contributed by atoms with van der Waals surface area (Å²) in [6, 6.07) is 0. The normalized spacial score (nSPS) is 14.4. The van der Waals surface area contributed by atoms with Crippen molar-refractivity contribution < 1.29 is 9.84 Å². The summed E-state index contributed by atoms with van der Waals surface area (Å²) < 4.78 is 5.58. The molecule has 0 aromatic heterocycles. The molecule has 14 heavy (non-hydrogen) atoms. The first-order valence-corrected chi connectivity index (χ1v) is 5.54. The number of aliphatic hydroxyl groups excluding tert-OH is 1. The fourth-order valence-corrected chi connectivity index (χ4v) is 0.928. The minimum absolute atomic E-state index is 0.119. The summed E-state index contributed by atoms with van der Waals surface area (Å²) in [5.74, 6) is 0. The Hall–Kier alpha value is -0.120. The first kappa shape index (κ1) is 13.9. The minimum Gasteiger partial charge on any atom is -0.389 e. The Morgan fingerprint density at radius 3 is 2.50 bits per heavy atom. The van der Waals surface area contributed by atoms with Crippen molar-refractivity contribution in [1.29, 1.82) is 0 Å². The van der Waals surface area contributed by atoms with Gasteiger partial charge in [-0.05, 0) is 33.2 Å². The average Bonchev–Trinajstić information content (AvgIpc) is 2.16. The third kappa shape index (κ3) is 7.30. The number of aliphatic hydroxyl groups is 1. The fraction of sp³-hybridized carbons (Fsp3) is 1.00. The number of ether oxygens (including phenoxy) is 1. The van der Waals surface area contributed by atoms with Gasteiger partial charge in [-0.1, -0.05) is 13.8 Å². The second kappa shape index (κ2) is 7.21. The number of nitrogens with one attached hydrogen (secondary N) is 1. The van der Waals surface area contributed by atoms with E-state index in [0.29, 0.717) is 13.2 Å². The van der Waals surface area contributed by atoms with Crippen molar-refractivity contribution in [2.75, 3.05) is 19.7 Å². The maximum absolute atomic E-state index is 9.55. The van der Waals surface area contributed by atoms with Crippen LogP contribution in [0, 0.1) is 0 Å². The van der Waals surface area contributed by atoms with Gasteiger partial charge in [-0.15, -0.1) is 0 Å². The van der Waals surface area contributed by atoms with E-state index in [4.69, 9.17) is 4.74 Å². The fourth-order valence-electron chi connectivity index (χ4n) is 0.928. The number of rotatable bonds is 8. The summed E-state index contributed by atoms with van der Waals surface area (Å²) in [6.45, 7) is 10.3. The van der Waals surface area contributed by atoms with Crippen molar-refractivity contribution in [2.24, 2.45) is 0 Å². The quantitative estimate of drug-likeness (QED) is 0.588. The van der Waals surface area contributed by atoms with Crippen LogP contribution in [0.15, 0.2) is 0 Å². The van der Waals surface area contributed by atoms with E-state index in [1.165, 1.54) is 0 Å². The van der Waals surface area contributed by atoms with Gasteiger partial charge in [-0.3, -0.25) is 0 Å². The van der Waals surface area contributed by atoms with Crippen LogP contribution in [0.4, 0.5) is 0 Å². The molecule has 0 fully saturated rings. The van der Waals surface area contributed by atoms with E-state index in [0.717, 1.165) is 19.4 Å². The van der Waals surface area contributed by atoms with Crippen LogP contribution < -0.4 is 5.32 Å². The van der Waals surface area contributed by atoms with Crippen LogP contribution in [0.1, 0.15) is 40.5 Å². The summed E-state index contributed by atoms with van der Waals surface area (Å²) in [4.78, 5) is 0.